The zero-order valence-electron chi connectivity index (χ0n) is 19.4. The summed E-state index contributed by atoms with van der Waals surface area (Å²) < 4.78 is 0. The van der Waals surface area contributed by atoms with Crippen molar-refractivity contribution in [1.82, 2.24) is 4.90 Å². The number of anilines is 2. The van der Waals surface area contributed by atoms with E-state index >= 15 is 0 Å². The average molecular weight is 446 g/mol. The van der Waals surface area contributed by atoms with Gasteiger partial charge in [-0.2, -0.15) is 0 Å². The fourth-order valence-electron chi connectivity index (χ4n) is 5.55. The Bertz CT molecular complexity index is 1070. The average Bonchev–Trinajstić information content (AvgIpc) is 3.38. The monoisotopic (exact) mass is 445 g/mol. The molecule has 2 aromatic rings. The maximum Gasteiger partial charge on any atom is 0.230 e. The van der Waals surface area contributed by atoms with Crippen LogP contribution in [-0.2, 0) is 20.8 Å². The lowest BCUT2D eigenvalue weighted by Gasteiger charge is -2.35. The number of para-hydroxylation sites is 1. The summed E-state index contributed by atoms with van der Waals surface area (Å²) in [7, 11) is 0. The molecule has 2 aromatic carbocycles. The van der Waals surface area contributed by atoms with Crippen molar-refractivity contribution in [2.24, 2.45) is 11.8 Å². The Labute approximate surface area is 195 Å². The van der Waals surface area contributed by atoms with Crippen molar-refractivity contribution in [3.05, 3.63) is 59.7 Å². The standard InChI is InChI=1S/C27H31N3O3/c1-18-7-9-23(10-8-18)29-17-22(16-25(29)31)26(32)28-13-11-20(12-14-28)27(33)30-19(2)15-21-5-3-4-6-24(21)30/h3-10,19-20,22H,11-17H2,1-2H3/t19-,22-/m0/s1. The zero-order chi connectivity index (χ0) is 23.1. The predicted octanol–water partition coefficient (Wildman–Crippen LogP) is 3.56. The maximum atomic E-state index is 13.3. The van der Waals surface area contributed by atoms with Crippen LogP contribution in [0.3, 0.4) is 0 Å². The molecule has 3 heterocycles. The van der Waals surface area contributed by atoms with E-state index in [9.17, 15) is 14.4 Å². The molecule has 0 unspecified atom stereocenters. The van der Waals surface area contributed by atoms with E-state index in [2.05, 4.69) is 13.0 Å². The van der Waals surface area contributed by atoms with Gasteiger partial charge in [0.25, 0.3) is 0 Å². The van der Waals surface area contributed by atoms with Gasteiger partial charge in [0.2, 0.25) is 17.7 Å². The van der Waals surface area contributed by atoms with Crippen LogP contribution in [0.2, 0.25) is 0 Å². The Balaban J connectivity index is 1.19. The lowest BCUT2D eigenvalue weighted by molar-refractivity contribution is -0.138. The second kappa shape index (κ2) is 8.65. The molecule has 33 heavy (non-hydrogen) atoms. The Morgan fingerprint density at radius 2 is 1.58 bits per heavy atom. The lowest BCUT2D eigenvalue weighted by Crippen LogP contribution is -2.47. The summed E-state index contributed by atoms with van der Waals surface area (Å²) in [6, 6.07) is 16.2. The summed E-state index contributed by atoms with van der Waals surface area (Å²) in [6.45, 7) is 5.71. The fourth-order valence-corrected chi connectivity index (χ4v) is 5.55. The number of amides is 3. The number of piperidine rings is 1. The largest absolute Gasteiger partial charge is 0.342 e. The highest BCUT2D eigenvalue weighted by Gasteiger charge is 2.40. The molecule has 6 heteroatoms. The van der Waals surface area contributed by atoms with Crippen molar-refractivity contribution in [3.63, 3.8) is 0 Å². The highest BCUT2D eigenvalue weighted by Crippen LogP contribution is 2.35. The van der Waals surface area contributed by atoms with Crippen LogP contribution in [-0.4, -0.2) is 48.3 Å². The number of likely N-dealkylation sites (tertiary alicyclic amines) is 1. The minimum atomic E-state index is -0.309. The zero-order valence-corrected chi connectivity index (χ0v) is 19.4. The third kappa shape index (κ3) is 4.03. The first-order chi connectivity index (χ1) is 15.9. The molecule has 2 atom stereocenters. The number of aryl methyl sites for hydroxylation is 1. The summed E-state index contributed by atoms with van der Waals surface area (Å²) >= 11 is 0. The summed E-state index contributed by atoms with van der Waals surface area (Å²) in [4.78, 5) is 44.7. The van der Waals surface area contributed by atoms with Crippen molar-refractivity contribution in [2.45, 2.75) is 45.6 Å². The molecule has 5 rings (SSSR count). The molecule has 0 radical (unpaired) electrons. The molecule has 0 aliphatic carbocycles. The molecule has 0 spiro atoms. The first kappa shape index (κ1) is 21.7. The molecule has 3 aliphatic heterocycles. The van der Waals surface area contributed by atoms with Crippen LogP contribution < -0.4 is 9.80 Å². The van der Waals surface area contributed by atoms with Gasteiger partial charge in [0.05, 0.1) is 5.92 Å². The summed E-state index contributed by atoms with van der Waals surface area (Å²) in [5.41, 5.74) is 4.26. The number of fused-ring (bicyclic) bond motifs is 1. The second-order valence-corrected chi connectivity index (χ2v) is 9.73. The molecule has 3 aliphatic rings. The van der Waals surface area contributed by atoms with Gasteiger partial charge in [-0.3, -0.25) is 14.4 Å². The number of hydrogen-bond acceptors (Lipinski definition) is 3. The van der Waals surface area contributed by atoms with Gasteiger partial charge in [0, 0.05) is 49.4 Å². The Morgan fingerprint density at radius 1 is 0.879 bits per heavy atom. The first-order valence-corrected chi connectivity index (χ1v) is 12.0. The molecule has 0 saturated carbocycles. The van der Waals surface area contributed by atoms with E-state index in [1.165, 1.54) is 5.56 Å². The fraction of sp³-hybridized carbons (Fsp3) is 0.444. The summed E-state index contributed by atoms with van der Waals surface area (Å²) in [6.07, 6.45) is 2.51. The van der Waals surface area contributed by atoms with E-state index in [-0.39, 0.29) is 42.0 Å². The molecular formula is C27H31N3O3. The molecule has 0 bridgehead atoms. The third-order valence-corrected chi connectivity index (χ3v) is 7.42. The Morgan fingerprint density at radius 3 is 2.30 bits per heavy atom. The van der Waals surface area contributed by atoms with Crippen molar-refractivity contribution in [1.29, 1.82) is 0 Å². The minimum absolute atomic E-state index is 0.00366. The van der Waals surface area contributed by atoms with Gasteiger partial charge in [-0.1, -0.05) is 35.9 Å². The van der Waals surface area contributed by atoms with Crippen molar-refractivity contribution in [3.8, 4) is 0 Å². The molecule has 2 fully saturated rings. The third-order valence-electron chi connectivity index (χ3n) is 7.42. The number of hydrogen-bond donors (Lipinski definition) is 0. The second-order valence-electron chi connectivity index (χ2n) is 9.73. The quantitative estimate of drug-likeness (QED) is 0.726. The van der Waals surface area contributed by atoms with E-state index < -0.39 is 0 Å². The number of carbonyl (C=O) groups excluding carboxylic acids is 3. The van der Waals surface area contributed by atoms with Gasteiger partial charge in [-0.25, -0.2) is 0 Å². The van der Waals surface area contributed by atoms with E-state index in [1.807, 2.05) is 59.2 Å². The van der Waals surface area contributed by atoms with Gasteiger partial charge in [-0.15, -0.1) is 0 Å². The number of benzene rings is 2. The van der Waals surface area contributed by atoms with Crippen LogP contribution in [0.25, 0.3) is 0 Å². The normalized spacial score (nSPS) is 23.2. The van der Waals surface area contributed by atoms with Crippen LogP contribution in [0, 0.1) is 18.8 Å². The van der Waals surface area contributed by atoms with Crippen LogP contribution in [0.15, 0.2) is 48.5 Å². The van der Waals surface area contributed by atoms with Gasteiger partial charge in [-0.05, 0) is 56.9 Å². The SMILES string of the molecule is Cc1ccc(N2C[C@@H](C(=O)N3CCC(C(=O)N4c5ccccc5C[C@@H]4C)CC3)CC2=O)cc1. The topological polar surface area (TPSA) is 60.9 Å². The highest BCUT2D eigenvalue weighted by atomic mass is 16.2. The van der Waals surface area contributed by atoms with Crippen molar-refractivity contribution >= 4 is 29.1 Å². The van der Waals surface area contributed by atoms with Crippen LogP contribution >= 0.6 is 0 Å². The van der Waals surface area contributed by atoms with E-state index in [4.69, 9.17) is 0 Å². The Hall–Kier alpha value is -3.15. The lowest BCUT2D eigenvalue weighted by atomic mass is 9.93. The van der Waals surface area contributed by atoms with Gasteiger partial charge < -0.3 is 14.7 Å². The molecule has 172 valence electrons. The first-order valence-electron chi connectivity index (χ1n) is 12.0. The molecule has 2 saturated heterocycles. The molecule has 0 aromatic heterocycles. The van der Waals surface area contributed by atoms with Crippen LogP contribution in [0.4, 0.5) is 11.4 Å². The number of carbonyl (C=O) groups is 3. The summed E-state index contributed by atoms with van der Waals surface area (Å²) in [5, 5.41) is 0. The van der Waals surface area contributed by atoms with Gasteiger partial charge in [0.15, 0.2) is 0 Å². The summed E-state index contributed by atoms with van der Waals surface area (Å²) in [5.74, 6) is -0.137. The number of nitrogens with zero attached hydrogens (tertiary/aromatic N) is 3. The maximum absolute atomic E-state index is 13.3. The van der Waals surface area contributed by atoms with E-state index in [0.717, 1.165) is 23.4 Å². The predicted molar refractivity (Wildman–Crippen MR) is 128 cm³/mol. The van der Waals surface area contributed by atoms with Gasteiger partial charge in [0.1, 0.15) is 0 Å². The minimum Gasteiger partial charge on any atom is -0.342 e. The highest BCUT2D eigenvalue weighted by molar-refractivity contribution is 6.00. The molecule has 6 nitrogen and oxygen atoms in total. The van der Waals surface area contributed by atoms with E-state index in [0.29, 0.717) is 32.5 Å². The van der Waals surface area contributed by atoms with Crippen LogP contribution in [0.1, 0.15) is 37.3 Å². The smallest absolute Gasteiger partial charge is 0.230 e. The van der Waals surface area contributed by atoms with Crippen LogP contribution in [0.5, 0.6) is 0 Å². The molecular weight excluding hydrogens is 414 g/mol. The van der Waals surface area contributed by atoms with Gasteiger partial charge >= 0.3 is 0 Å². The van der Waals surface area contributed by atoms with Crippen molar-refractivity contribution < 1.29 is 14.4 Å². The Kier molecular flexibility index (Phi) is 5.69. The number of rotatable bonds is 3. The van der Waals surface area contributed by atoms with E-state index in [1.54, 1.807) is 4.90 Å². The molecule has 0 N–H and O–H groups in total. The van der Waals surface area contributed by atoms with Crippen molar-refractivity contribution in [2.75, 3.05) is 29.4 Å². The molecule has 3 amide bonds.